The highest BCUT2D eigenvalue weighted by atomic mass is 19.1. The highest BCUT2D eigenvalue weighted by molar-refractivity contribution is 5.92. The Bertz CT molecular complexity index is 339. The molecular weight excluding hydrogens is 183 g/mol. The van der Waals surface area contributed by atoms with Gasteiger partial charge in [-0.05, 0) is 18.1 Å². The fourth-order valence-electron chi connectivity index (χ4n) is 1.19. The molecule has 1 amide bonds. The molecule has 14 heavy (non-hydrogen) atoms. The van der Waals surface area contributed by atoms with Crippen molar-refractivity contribution in [2.45, 2.75) is 19.8 Å². The van der Waals surface area contributed by atoms with Crippen molar-refractivity contribution >= 4 is 5.91 Å². The third kappa shape index (κ3) is 2.28. The number of carbonyl (C=O) groups excluding carboxylic acids is 1. The van der Waals surface area contributed by atoms with E-state index in [1.807, 2.05) is 6.92 Å². The lowest BCUT2D eigenvalue weighted by atomic mass is 10.1. The van der Waals surface area contributed by atoms with E-state index in [1.165, 1.54) is 19.3 Å². The zero-order valence-corrected chi connectivity index (χ0v) is 8.30. The number of pyridine rings is 1. The summed E-state index contributed by atoms with van der Waals surface area (Å²) in [4.78, 5) is 14.9. The van der Waals surface area contributed by atoms with Gasteiger partial charge in [-0.1, -0.05) is 13.3 Å². The maximum absolute atomic E-state index is 13.3. The van der Waals surface area contributed by atoms with Crippen LogP contribution in [0, 0.1) is 5.82 Å². The van der Waals surface area contributed by atoms with Crippen LogP contribution in [0.15, 0.2) is 12.3 Å². The summed E-state index contributed by atoms with van der Waals surface area (Å²) in [5.74, 6) is -1.05. The van der Waals surface area contributed by atoms with Crippen molar-refractivity contribution in [3.8, 4) is 0 Å². The first-order valence-electron chi connectivity index (χ1n) is 4.55. The molecule has 0 aliphatic rings. The molecule has 0 radical (unpaired) electrons. The standard InChI is InChI=1S/C10H13FN2O/c1-3-4-7-5-8(11)9(13-6-7)10(14)12-2/h5-6H,3-4H2,1-2H3,(H,12,14). The summed E-state index contributed by atoms with van der Waals surface area (Å²) in [6, 6.07) is 1.36. The lowest BCUT2D eigenvalue weighted by molar-refractivity contribution is 0.0953. The fourth-order valence-corrected chi connectivity index (χ4v) is 1.19. The van der Waals surface area contributed by atoms with E-state index in [-0.39, 0.29) is 5.69 Å². The van der Waals surface area contributed by atoms with Crippen molar-refractivity contribution in [1.29, 1.82) is 0 Å². The van der Waals surface area contributed by atoms with E-state index >= 15 is 0 Å². The zero-order valence-electron chi connectivity index (χ0n) is 8.30. The molecule has 0 aromatic carbocycles. The Morgan fingerprint density at radius 2 is 2.36 bits per heavy atom. The molecule has 0 saturated heterocycles. The second-order valence-corrected chi connectivity index (χ2v) is 3.00. The monoisotopic (exact) mass is 196 g/mol. The van der Waals surface area contributed by atoms with Crippen molar-refractivity contribution < 1.29 is 9.18 Å². The van der Waals surface area contributed by atoms with Crippen LogP contribution < -0.4 is 5.32 Å². The molecule has 3 nitrogen and oxygen atoms in total. The smallest absolute Gasteiger partial charge is 0.272 e. The molecule has 0 fully saturated rings. The first-order valence-corrected chi connectivity index (χ1v) is 4.55. The van der Waals surface area contributed by atoms with Gasteiger partial charge < -0.3 is 5.32 Å². The Morgan fingerprint density at radius 1 is 1.64 bits per heavy atom. The molecule has 0 bridgehead atoms. The largest absolute Gasteiger partial charge is 0.354 e. The number of nitrogens with one attached hydrogen (secondary N) is 1. The third-order valence-corrected chi connectivity index (χ3v) is 1.88. The van der Waals surface area contributed by atoms with Crippen LogP contribution in [-0.4, -0.2) is 17.9 Å². The number of amides is 1. The summed E-state index contributed by atoms with van der Waals surface area (Å²) in [7, 11) is 1.45. The molecule has 1 heterocycles. The average Bonchev–Trinajstić information content (AvgIpc) is 2.17. The highest BCUT2D eigenvalue weighted by Gasteiger charge is 2.11. The van der Waals surface area contributed by atoms with Crippen molar-refractivity contribution in [3.63, 3.8) is 0 Å². The van der Waals surface area contributed by atoms with Crippen molar-refractivity contribution in [3.05, 3.63) is 29.3 Å². The molecule has 1 N–H and O–H groups in total. The average molecular weight is 196 g/mol. The summed E-state index contributed by atoms with van der Waals surface area (Å²) >= 11 is 0. The Labute approximate surface area is 82.4 Å². The van der Waals surface area contributed by atoms with E-state index in [2.05, 4.69) is 10.3 Å². The molecule has 0 unspecified atom stereocenters. The number of hydrogen-bond acceptors (Lipinski definition) is 2. The molecule has 0 aliphatic carbocycles. The number of hydrogen-bond donors (Lipinski definition) is 1. The SMILES string of the molecule is CCCc1cnc(C(=O)NC)c(F)c1. The van der Waals surface area contributed by atoms with Gasteiger partial charge >= 0.3 is 0 Å². The maximum Gasteiger partial charge on any atom is 0.272 e. The van der Waals surface area contributed by atoms with Crippen LogP contribution in [-0.2, 0) is 6.42 Å². The molecule has 0 saturated carbocycles. The predicted molar refractivity (Wildman–Crippen MR) is 51.6 cm³/mol. The van der Waals surface area contributed by atoms with E-state index in [0.717, 1.165) is 18.4 Å². The van der Waals surface area contributed by atoms with Crippen LogP contribution >= 0.6 is 0 Å². The van der Waals surface area contributed by atoms with Gasteiger partial charge in [0.25, 0.3) is 5.91 Å². The molecule has 1 aromatic heterocycles. The zero-order chi connectivity index (χ0) is 10.6. The Hall–Kier alpha value is -1.45. The van der Waals surface area contributed by atoms with Gasteiger partial charge in [-0.2, -0.15) is 0 Å². The fraction of sp³-hybridized carbons (Fsp3) is 0.400. The van der Waals surface area contributed by atoms with Gasteiger partial charge in [0.15, 0.2) is 11.5 Å². The van der Waals surface area contributed by atoms with Crippen molar-refractivity contribution in [2.24, 2.45) is 0 Å². The summed E-state index contributed by atoms with van der Waals surface area (Å²) in [6.07, 6.45) is 3.25. The van der Waals surface area contributed by atoms with Gasteiger partial charge in [0.2, 0.25) is 0 Å². The summed E-state index contributed by atoms with van der Waals surface area (Å²) in [5.41, 5.74) is 0.671. The molecule has 1 rings (SSSR count). The van der Waals surface area contributed by atoms with Crippen molar-refractivity contribution in [2.75, 3.05) is 7.05 Å². The van der Waals surface area contributed by atoms with E-state index in [0.29, 0.717) is 0 Å². The molecular formula is C10H13FN2O. The van der Waals surface area contributed by atoms with Gasteiger partial charge in [-0.3, -0.25) is 4.79 Å². The minimum Gasteiger partial charge on any atom is -0.354 e. The summed E-state index contributed by atoms with van der Waals surface area (Å²) in [5, 5.41) is 2.33. The van der Waals surface area contributed by atoms with E-state index in [4.69, 9.17) is 0 Å². The molecule has 0 spiro atoms. The topological polar surface area (TPSA) is 42.0 Å². The first kappa shape index (κ1) is 10.6. The number of carbonyl (C=O) groups is 1. The molecule has 0 aliphatic heterocycles. The number of aryl methyl sites for hydroxylation is 1. The summed E-state index contributed by atoms with van der Waals surface area (Å²) in [6.45, 7) is 2.00. The summed E-state index contributed by atoms with van der Waals surface area (Å²) < 4.78 is 13.3. The van der Waals surface area contributed by atoms with Gasteiger partial charge in [-0.25, -0.2) is 9.37 Å². The number of halogens is 1. The van der Waals surface area contributed by atoms with Crippen LogP contribution in [0.4, 0.5) is 4.39 Å². The number of rotatable bonds is 3. The Kier molecular flexibility index (Phi) is 3.56. The molecule has 4 heteroatoms. The quantitative estimate of drug-likeness (QED) is 0.796. The van der Waals surface area contributed by atoms with Gasteiger partial charge in [-0.15, -0.1) is 0 Å². The molecule has 1 aromatic rings. The number of aromatic nitrogens is 1. The van der Waals surface area contributed by atoms with Crippen LogP contribution in [0.5, 0.6) is 0 Å². The third-order valence-electron chi connectivity index (χ3n) is 1.88. The second-order valence-electron chi connectivity index (χ2n) is 3.00. The maximum atomic E-state index is 13.3. The lowest BCUT2D eigenvalue weighted by Gasteiger charge is -2.02. The van der Waals surface area contributed by atoms with Gasteiger partial charge in [0.05, 0.1) is 0 Å². The van der Waals surface area contributed by atoms with Crippen LogP contribution in [0.3, 0.4) is 0 Å². The van der Waals surface area contributed by atoms with Crippen LogP contribution in [0.1, 0.15) is 29.4 Å². The van der Waals surface area contributed by atoms with Crippen molar-refractivity contribution in [1.82, 2.24) is 10.3 Å². The predicted octanol–water partition coefficient (Wildman–Crippen LogP) is 1.53. The van der Waals surface area contributed by atoms with Gasteiger partial charge in [0, 0.05) is 13.2 Å². The first-order chi connectivity index (χ1) is 6.69. The van der Waals surface area contributed by atoms with E-state index < -0.39 is 11.7 Å². The Balaban J connectivity index is 2.95. The van der Waals surface area contributed by atoms with Crippen LogP contribution in [0.25, 0.3) is 0 Å². The lowest BCUT2D eigenvalue weighted by Crippen LogP contribution is -2.20. The van der Waals surface area contributed by atoms with E-state index in [1.54, 1.807) is 0 Å². The normalized spacial score (nSPS) is 9.93. The number of nitrogens with zero attached hydrogens (tertiary/aromatic N) is 1. The minimum absolute atomic E-state index is 0.146. The minimum atomic E-state index is -0.560. The Morgan fingerprint density at radius 3 is 2.86 bits per heavy atom. The highest BCUT2D eigenvalue weighted by Crippen LogP contribution is 2.08. The molecule has 76 valence electrons. The molecule has 0 atom stereocenters. The van der Waals surface area contributed by atoms with E-state index in [9.17, 15) is 9.18 Å². The second kappa shape index (κ2) is 4.69. The van der Waals surface area contributed by atoms with Gasteiger partial charge in [0.1, 0.15) is 0 Å². The van der Waals surface area contributed by atoms with Crippen LogP contribution in [0.2, 0.25) is 0 Å².